The van der Waals surface area contributed by atoms with Crippen LogP contribution in [-0.2, 0) is 14.6 Å². The second kappa shape index (κ2) is 5.18. The van der Waals surface area contributed by atoms with Crippen molar-refractivity contribution in [2.75, 3.05) is 18.6 Å². The zero-order valence-electron chi connectivity index (χ0n) is 7.91. The van der Waals surface area contributed by atoms with E-state index in [1.807, 2.05) is 6.92 Å². The highest BCUT2D eigenvalue weighted by Crippen LogP contribution is 1.89. The molecule has 78 valence electrons. The fraction of sp³-hybridized carbons (Fsp3) is 0.857. The van der Waals surface area contributed by atoms with Crippen LogP contribution < -0.4 is 11.1 Å². The molecule has 5 nitrogen and oxygen atoms in total. The Balaban J connectivity index is 3.81. The molecule has 0 rings (SSSR count). The maximum Gasteiger partial charge on any atom is 0.234 e. The summed E-state index contributed by atoms with van der Waals surface area (Å²) < 4.78 is 21.4. The van der Waals surface area contributed by atoms with E-state index in [1.165, 1.54) is 0 Å². The van der Waals surface area contributed by atoms with Crippen molar-refractivity contribution in [1.82, 2.24) is 5.32 Å². The molecule has 0 aliphatic carbocycles. The summed E-state index contributed by atoms with van der Waals surface area (Å²) in [5.74, 6) is -0.424. The van der Waals surface area contributed by atoms with Gasteiger partial charge in [-0.3, -0.25) is 4.79 Å². The van der Waals surface area contributed by atoms with E-state index in [1.54, 1.807) is 0 Å². The number of carbonyl (C=O) groups excluding carboxylic acids is 1. The highest BCUT2D eigenvalue weighted by molar-refractivity contribution is 7.90. The number of rotatable bonds is 6. The molecule has 0 spiro atoms. The van der Waals surface area contributed by atoms with Gasteiger partial charge in [0.25, 0.3) is 0 Å². The summed E-state index contributed by atoms with van der Waals surface area (Å²) >= 11 is 0. The van der Waals surface area contributed by atoms with Crippen molar-refractivity contribution in [1.29, 1.82) is 0 Å². The molecule has 3 N–H and O–H groups in total. The second-order valence-electron chi connectivity index (χ2n) is 2.95. The highest BCUT2D eigenvalue weighted by Gasteiger charge is 2.12. The minimum Gasteiger partial charge on any atom is -0.368 e. The minimum absolute atomic E-state index is 0.0246. The van der Waals surface area contributed by atoms with Gasteiger partial charge >= 0.3 is 0 Å². The third-order valence-corrected chi connectivity index (χ3v) is 2.56. The van der Waals surface area contributed by atoms with Crippen LogP contribution in [0.5, 0.6) is 0 Å². The van der Waals surface area contributed by atoms with E-state index >= 15 is 0 Å². The van der Waals surface area contributed by atoms with Crippen LogP contribution in [0.3, 0.4) is 0 Å². The summed E-state index contributed by atoms with van der Waals surface area (Å²) in [4.78, 5) is 10.7. The molecule has 0 heterocycles. The Morgan fingerprint density at radius 2 is 2.08 bits per heavy atom. The molecule has 0 saturated carbocycles. The van der Waals surface area contributed by atoms with Gasteiger partial charge in [-0.15, -0.1) is 0 Å². The minimum atomic E-state index is -2.97. The molecule has 0 fully saturated rings. The molecule has 0 saturated heterocycles. The van der Waals surface area contributed by atoms with Crippen molar-refractivity contribution in [3.8, 4) is 0 Å². The number of sulfone groups is 1. The maximum atomic E-state index is 10.7. The lowest BCUT2D eigenvalue weighted by atomic mass is 10.2. The molecule has 0 aliphatic heterocycles. The van der Waals surface area contributed by atoms with Crippen molar-refractivity contribution < 1.29 is 13.2 Å². The SMILES string of the molecule is CCC(NCCS(C)(=O)=O)C(N)=O. The maximum absolute atomic E-state index is 10.7. The predicted octanol–water partition coefficient (Wildman–Crippen LogP) is -1.12. The van der Waals surface area contributed by atoms with Crippen molar-refractivity contribution in [2.24, 2.45) is 5.73 Å². The highest BCUT2D eigenvalue weighted by atomic mass is 32.2. The van der Waals surface area contributed by atoms with Crippen LogP contribution in [0, 0.1) is 0 Å². The van der Waals surface area contributed by atoms with Crippen LogP contribution in [0.15, 0.2) is 0 Å². The third kappa shape index (κ3) is 6.53. The first-order chi connectivity index (χ1) is 5.87. The molecule has 6 heteroatoms. The van der Waals surface area contributed by atoms with Crippen LogP contribution >= 0.6 is 0 Å². The monoisotopic (exact) mass is 208 g/mol. The van der Waals surface area contributed by atoms with Gasteiger partial charge < -0.3 is 11.1 Å². The molecule has 0 aliphatic rings. The second-order valence-corrected chi connectivity index (χ2v) is 5.21. The molecule has 13 heavy (non-hydrogen) atoms. The zero-order valence-corrected chi connectivity index (χ0v) is 8.73. The molecule has 1 atom stereocenters. The van der Waals surface area contributed by atoms with E-state index < -0.39 is 21.8 Å². The first kappa shape index (κ1) is 12.4. The van der Waals surface area contributed by atoms with Crippen LogP contribution in [0.25, 0.3) is 0 Å². The third-order valence-electron chi connectivity index (χ3n) is 1.62. The number of primary amides is 1. The van der Waals surface area contributed by atoms with Crippen molar-refractivity contribution >= 4 is 15.7 Å². The van der Waals surface area contributed by atoms with Crippen LogP contribution in [0.2, 0.25) is 0 Å². The van der Waals surface area contributed by atoms with Crippen molar-refractivity contribution in [2.45, 2.75) is 19.4 Å². The predicted molar refractivity (Wildman–Crippen MR) is 51.0 cm³/mol. The summed E-state index contributed by atoms with van der Waals surface area (Å²) in [7, 11) is -2.97. The van der Waals surface area contributed by atoms with Gasteiger partial charge in [-0.05, 0) is 6.42 Å². The van der Waals surface area contributed by atoms with Crippen molar-refractivity contribution in [3.05, 3.63) is 0 Å². The summed E-state index contributed by atoms with van der Waals surface area (Å²) in [6, 6.07) is -0.429. The Morgan fingerprint density at radius 3 is 2.38 bits per heavy atom. The molecule has 0 aromatic heterocycles. The molecule has 0 bridgehead atoms. The van der Waals surface area contributed by atoms with Gasteiger partial charge in [-0.1, -0.05) is 6.92 Å². The Kier molecular flexibility index (Phi) is 4.94. The number of nitrogens with one attached hydrogen (secondary N) is 1. The number of hydrogen-bond acceptors (Lipinski definition) is 4. The lowest BCUT2D eigenvalue weighted by molar-refractivity contribution is -0.120. The van der Waals surface area contributed by atoms with Gasteiger partial charge in [-0.25, -0.2) is 8.42 Å². The Hall–Kier alpha value is -0.620. The normalized spacial score (nSPS) is 14.0. The van der Waals surface area contributed by atoms with Gasteiger partial charge in [0.1, 0.15) is 9.84 Å². The molecule has 1 unspecified atom stereocenters. The lowest BCUT2D eigenvalue weighted by Gasteiger charge is -2.11. The fourth-order valence-electron chi connectivity index (χ4n) is 0.865. The van der Waals surface area contributed by atoms with Gasteiger partial charge in [0.15, 0.2) is 0 Å². The van der Waals surface area contributed by atoms with Gasteiger partial charge in [0.05, 0.1) is 11.8 Å². The van der Waals surface area contributed by atoms with Gasteiger partial charge in [-0.2, -0.15) is 0 Å². The lowest BCUT2D eigenvalue weighted by Crippen LogP contribution is -2.42. The first-order valence-corrected chi connectivity index (χ1v) is 6.13. The molecule has 0 radical (unpaired) electrons. The standard InChI is InChI=1S/C7H16N2O3S/c1-3-6(7(8)10)9-4-5-13(2,11)12/h6,9H,3-5H2,1-2H3,(H2,8,10). The molecular weight excluding hydrogens is 192 g/mol. The van der Waals surface area contributed by atoms with Crippen LogP contribution in [-0.4, -0.2) is 38.9 Å². The summed E-state index contributed by atoms with van der Waals surface area (Å²) in [5.41, 5.74) is 5.05. The van der Waals surface area contributed by atoms with Crippen LogP contribution in [0.1, 0.15) is 13.3 Å². The molecule has 0 aromatic rings. The molecule has 0 aromatic carbocycles. The van der Waals surface area contributed by atoms with Crippen LogP contribution in [0.4, 0.5) is 0 Å². The van der Waals surface area contributed by atoms with E-state index in [0.29, 0.717) is 6.42 Å². The van der Waals surface area contributed by atoms with E-state index in [2.05, 4.69) is 5.32 Å². The van der Waals surface area contributed by atoms with E-state index in [0.717, 1.165) is 6.26 Å². The smallest absolute Gasteiger partial charge is 0.234 e. The van der Waals surface area contributed by atoms with E-state index in [9.17, 15) is 13.2 Å². The Labute approximate surface area is 78.6 Å². The summed E-state index contributed by atoms with van der Waals surface area (Å²) in [5, 5.41) is 2.77. The average molecular weight is 208 g/mol. The number of nitrogens with two attached hydrogens (primary N) is 1. The van der Waals surface area contributed by atoms with Gasteiger partial charge in [0.2, 0.25) is 5.91 Å². The molecular formula is C7H16N2O3S. The van der Waals surface area contributed by atoms with Gasteiger partial charge in [0, 0.05) is 12.8 Å². The van der Waals surface area contributed by atoms with E-state index in [-0.39, 0.29) is 12.3 Å². The number of amides is 1. The zero-order chi connectivity index (χ0) is 10.5. The van der Waals surface area contributed by atoms with Crippen molar-refractivity contribution in [3.63, 3.8) is 0 Å². The Bertz CT molecular complexity index is 261. The number of carbonyl (C=O) groups is 1. The fourth-order valence-corrected chi connectivity index (χ4v) is 1.35. The first-order valence-electron chi connectivity index (χ1n) is 4.07. The quantitative estimate of drug-likeness (QED) is 0.579. The Morgan fingerprint density at radius 1 is 1.54 bits per heavy atom. The molecule has 1 amide bonds. The average Bonchev–Trinajstić information content (AvgIpc) is 1.95. The van der Waals surface area contributed by atoms with E-state index in [4.69, 9.17) is 5.73 Å². The topological polar surface area (TPSA) is 89.3 Å². The largest absolute Gasteiger partial charge is 0.368 e. The number of hydrogen-bond donors (Lipinski definition) is 2. The summed E-state index contributed by atoms with van der Waals surface area (Å²) in [6.07, 6.45) is 1.72. The summed E-state index contributed by atoms with van der Waals surface area (Å²) in [6.45, 7) is 2.07.